The molecule has 1 N–H and O–H groups in total. The molecule has 6 nitrogen and oxygen atoms in total. The number of hydrogen-bond acceptors (Lipinski definition) is 3. The fourth-order valence-corrected chi connectivity index (χ4v) is 2.30. The average molecular weight is 251 g/mol. The summed E-state index contributed by atoms with van der Waals surface area (Å²) in [6.45, 7) is 1.30. The molecule has 1 aromatic heterocycles. The summed E-state index contributed by atoms with van der Waals surface area (Å²) in [6.07, 6.45) is 7.70. The first-order chi connectivity index (χ1) is 8.68. The number of amides is 1. The molecule has 1 amide bonds. The lowest BCUT2D eigenvalue weighted by atomic mass is 10.2. The van der Waals surface area contributed by atoms with E-state index in [0.717, 1.165) is 13.0 Å². The Balaban J connectivity index is 1.79. The lowest BCUT2D eigenvalue weighted by Crippen LogP contribution is -2.40. The maximum absolute atomic E-state index is 11.9. The van der Waals surface area contributed by atoms with Crippen LogP contribution in [0.15, 0.2) is 18.7 Å². The van der Waals surface area contributed by atoms with Crippen molar-refractivity contribution in [3.63, 3.8) is 0 Å². The van der Waals surface area contributed by atoms with E-state index in [4.69, 9.17) is 5.11 Å². The highest BCUT2D eigenvalue weighted by molar-refractivity contribution is 5.84. The molecule has 2 rings (SSSR count). The first kappa shape index (κ1) is 12.6. The van der Waals surface area contributed by atoms with Gasteiger partial charge in [-0.25, -0.2) is 9.78 Å². The van der Waals surface area contributed by atoms with Gasteiger partial charge in [0.15, 0.2) is 0 Å². The van der Waals surface area contributed by atoms with Crippen molar-refractivity contribution in [3.8, 4) is 0 Å². The van der Waals surface area contributed by atoms with Crippen LogP contribution in [0.3, 0.4) is 0 Å². The summed E-state index contributed by atoms with van der Waals surface area (Å²) in [7, 11) is 0. The van der Waals surface area contributed by atoms with Crippen LogP contribution < -0.4 is 0 Å². The summed E-state index contributed by atoms with van der Waals surface area (Å²) in [5, 5.41) is 9.00. The van der Waals surface area contributed by atoms with Crippen molar-refractivity contribution in [2.45, 2.75) is 38.3 Å². The molecule has 0 spiro atoms. The predicted octanol–water partition coefficient (Wildman–Crippen LogP) is 0.739. The van der Waals surface area contributed by atoms with Gasteiger partial charge in [0.05, 0.1) is 6.33 Å². The molecule has 0 saturated carbocycles. The molecule has 0 aliphatic carbocycles. The van der Waals surface area contributed by atoms with E-state index in [9.17, 15) is 9.59 Å². The van der Waals surface area contributed by atoms with E-state index in [1.54, 1.807) is 12.5 Å². The second-order valence-electron chi connectivity index (χ2n) is 4.49. The van der Waals surface area contributed by atoms with E-state index in [2.05, 4.69) is 4.98 Å². The molecular weight excluding hydrogens is 234 g/mol. The van der Waals surface area contributed by atoms with E-state index < -0.39 is 12.0 Å². The first-order valence-electron chi connectivity index (χ1n) is 6.16. The zero-order chi connectivity index (χ0) is 13.0. The van der Waals surface area contributed by atoms with E-state index >= 15 is 0 Å². The zero-order valence-corrected chi connectivity index (χ0v) is 10.2. The minimum Gasteiger partial charge on any atom is -0.480 e. The Labute approximate surface area is 105 Å². The maximum atomic E-state index is 11.9. The van der Waals surface area contributed by atoms with Gasteiger partial charge in [0.2, 0.25) is 5.91 Å². The molecular formula is C12H17N3O3. The Bertz CT molecular complexity index is 416. The van der Waals surface area contributed by atoms with Crippen LogP contribution >= 0.6 is 0 Å². The second-order valence-corrected chi connectivity index (χ2v) is 4.49. The predicted molar refractivity (Wildman–Crippen MR) is 63.8 cm³/mol. The standard InChI is InChI=1S/C12H17N3O3/c16-11(4-2-6-14-8-5-13-9-14)15-7-1-3-10(15)12(17)18/h5,8-10H,1-4,6-7H2,(H,17,18)/t10-/m1/s1. The van der Waals surface area contributed by atoms with Crippen LogP contribution in [0.2, 0.25) is 0 Å². The fourth-order valence-electron chi connectivity index (χ4n) is 2.30. The molecule has 0 bridgehead atoms. The van der Waals surface area contributed by atoms with Gasteiger partial charge < -0.3 is 14.6 Å². The van der Waals surface area contributed by atoms with Gasteiger partial charge in [0.25, 0.3) is 0 Å². The number of carbonyl (C=O) groups excluding carboxylic acids is 1. The SMILES string of the molecule is O=C(O)[C@H]1CCCN1C(=O)CCCn1ccnc1. The van der Waals surface area contributed by atoms with Crippen LogP contribution in [-0.2, 0) is 16.1 Å². The third-order valence-electron chi connectivity index (χ3n) is 3.22. The number of hydrogen-bond donors (Lipinski definition) is 1. The number of aromatic nitrogens is 2. The van der Waals surface area contributed by atoms with Crippen LogP contribution in [0.5, 0.6) is 0 Å². The van der Waals surface area contributed by atoms with Crippen molar-refractivity contribution in [2.75, 3.05) is 6.54 Å². The molecule has 6 heteroatoms. The van der Waals surface area contributed by atoms with Crippen molar-refractivity contribution < 1.29 is 14.7 Å². The molecule has 0 unspecified atom stereocenters. The highest BCUT2D eigenvalue weighted by atomic mass is 16.4. The molecule has 1 aliphatic heterocycles. The highest BCUT2D eigenvalue weighted by Gasteiger charge is 2.33. The molecule has 98 valence electrons. The van der Waals surface area contributed by atoms with Crippen molar-refractivity contribution >= 4 is 11.9 Å². The summed E-state index contributed by atoms with van der Waals surface area (Å²) < 4.78 is 1.91. The number of imidazole rings is 1. The summed E-state index contributed by atoms with van der Waals surface area (Å²) in [6, 6.07) is -0.620. The molecule has 1 fully saturated rings. The fraction of sp³-hybridized carbons (Fsp3) is 0.583. The van der Waals surface area contributed by atoms with Gasteiger partial charge in [-0.05, 0) is 19.3 Å². The minimum atomic E-state index is -0.893. The van der Waals surface area contributed by atoms with Crippen LogP contribution in [0.4, 0.5) is 0 Å². The lowest BCUT2D eigenvalue weighted by molar-refractivity contribution is -0.148. The summed E-state index contributed by atoms with van der Waals surface area (Å²) in [5.41, 5.74) is 0. The molecule has 0 radical (unpaired) electrons. The van der Waals surface area contributed by atoms with Gasteiger partial charge in [-0.3, -0.25) is 4.79 Å². The Kier molecular flexibility index (Phi) is 3.96. The molecule has 2 heterocycles. The summed E-state index contributed by atoms with van der Waals surface area (Å²) in [4.78, 5) is 28.3. The average Bonchev–Trinajstić information content (AvgIpc) is 2.99. The van der Waals surface area contributed by atoms with E-state index in [1.165, 1.54) is 4.90 Å². The molecule has 0 aromatic carbocycles. The van der Waals surface area contributed by atoms with Gasteiger partial charge in [0, 0.05) is 31.9 Å². The molecule has 1 atom stereocenters. The Morgan fingerprint density at radius 3 is 2.94 bits per heavy atom. The van der Waals surface area contributed by atoms with Gasteiger partial charge in [-0.2, -0.15) is 0 Å². The molecule has 1 aromatic rings. The van der Waals surface area contributed by atoms with Crippen molar-refractivity contribution in [1.82, 2.24) is 14.5 Å². The zero-order valence-electron chi connectivity index (χ0n) is 10.2. The molecule has 1 saturated heterocycles. The van der Waals surface area contributed by atoms with Crippen molar-refractivity contribution in [3.05, 3.63) is 18.7 Å². The number of likely N-dealkylation sites (tertiary alicyclic amines) is 1. The number of carboxylic acid groups (broad SMARTS) is 1. The summed E-state index contributed by atoms with van der Waals surface area (Å²) in [5.74, 6) is -0.949. The van der Waals surface area contributed by atoms with E-state index in [1.807, 2.05) is 10.8 Å². The van der Waals surface area contributed by atoms with Crippen LogP contribution in [-0.4, -0.2) is 44.0 Å². The normalized spacial score (nSPS) is 19.1. The van der Waals surface area contributed by atoms with Crippen LogP contribution in [0.1, 0.15) is 25.7 Å². The second kappa shape index (κ2) is 5.66. The Hall–Kier alpha value is -1.85. The minimum absolute atomic E-state index is 0.0555. The number of carbonyl (C=O) groups is 2. The van der Waals surface area contributed by atoms with Crippen molar-refractivity contribution in [1.29, 1.82) is 0 Å². The van der Waals surface area contributed by atoms with E-state index in [-0.39, 0.29) is 5.91 Å². The number of aliphatic carboxylic acids is 1. The van der Waals surface area contributed by atoms with E-state index in [0.29, 0.717) is 25.8 Å². The quantitative estimate of drug-likeness (QED) is 0.837. The smallest absolute Gasteiger partial charge is 0.326 e. The monoisotopic (exact) mass is 251 g/mol. The largest absolute Gasteiger partial charge is 0.480 e. The molecule has 18 heavy (non-hydrogen) atoms. The van der Waals surface area contributed by atoms with Gasteiger partial charge in [0.1, 0.15) is 6.04 Å². The highest BCUT2D eigenvalue weighted by Crippen LogP contribution is 2.18. The number of aryl methyl sites for hydroxylation is 1. The van der Waals surface area contributed by atoms with Gasteiger partial charge in [-0.1, -0.05) is 0 Å². The lowest BCUT2D eigenvalue weighted by Gasteiger charge is -2.21. The van der Waals surface area contributed by atoms with Gasteiger partial charge in [-0.15, -0.1) is 0 Å². The Morgan fingerprint density at radius 2 is 2.28 bits per heavy atom. The van der Waals surface area contributed by atoms with Crippen molar-refractivity contribution in [2.24, 2.45) is 0 Å². The van der Waals surface area contributed by atoms with Crippen LogP contribution in [0.25, 0.3) is 0 Å². The Morgan fingerprint density at radius 1 is 1.44 bits per heavy atom. The first-order valence-corrected chi connectivity index (χ1v) is 6.16. The molecule has 1 aliphatic rings. The topological polar surface area (TPSA) is 75.4 Å². The number of nitrogens with zero attached hydrogens (tertiary/aromatic N) is 3. The number of carboxylic acids is 1. The van der Waals surface area contributed by atoms with Gasteiger partial charge >= 0.3 is 5.97 Å². The number of rotatable bonds is 5. The third-order valence-corrected chi connectivity index (χ3v) is 3.22. The summed E-state index contributed by atoms with van der Waals surface area (Å²) >= 11 is 0. The third kappa shape index (κ3) is 2.88. The maximum Gasteiger partial charge on any atom is 0.326 e. The van der Waals surface area contributed by atoms with Crippen LogP contribution in [0, 0.1) is 0 Å².